The smallest absolute Gasteiger partial charge is 0.0963 e. The van der Waals surface area contributed by atoms with E-state index in [1.165, 1.54) is 10.9 Å². The molecule has 0 fully saturated rings. The molecule has 26 heavy (non-hydrogen) atoms. The Hall–Kier alpha value is -2.98. The molecule has 4 nitrogen and oxygen atoms in total. The van der Waals surface area contributed by atoms with E-state index in [4.69, 9.17) is 10.7 Å². The molecule has 0 aliphatic heterocycles. The highest BCUT2D eigenvalue weighted by Gasteiger charge is 2.16. The lowest BCUT2D eigenvalue weighted by Gasteiger charge is -2.13. The van der Waals surface area contributed by atoms with Gasteiger partial charge in [-0.25, -0.2) is 4.98 Å². The predicted octanol–water partition coefficient (Wildman–Crippen LogP) is 4.50. The first-order valence-corrected chi connectivity index (χ1v) is 9.02. The van der Waals surface area contributed by atoms with Crippen LogP contribution < -0.4 is 5.73 Å². The summed E-state index contributed by atoms with van der Waals surface area (Å²) in [5.74, 6) is 0. The number of rotatable bonds is 6. The summed E-state index contributed by atoms with van der Waals surface area (Å²) < 4.78 is 2.26. The SMILES string of the molecule is NCCCCn1cnc(-c2ccccc2)c1-c1cccc2cnccc12. The highest BCUT2D eigenvalue weighted by molar-refractivity contribution is 5.98. The fourth-order valence-electron chi connectivity index (χ4n) is 3.40. The van der Waals surface area contributed by atoms with Gasteiger partial charge in [0.05, 0.1) is 17.7 Å². The van der Waals surface area contributed by atoms with Gasteiger partial charge in [-0.15, -0.1) is 0 Å². The topological polar surface area (TPSA) is 56.7 Å². The number of unbranched alkanes of at least 4 members (excludes halogenated alkanes) is 1. The molecule has 0 saturated heterocycles. The molecule has 0 saturated carbocycles. The van der Waals surface area contributed by atoms with Crippen LogP contribution in [-0.4, -0.2) is 21.1 Å². The molecule has 4 aromatic rings. The Balaban J connectivity index is 1.90. The lowest BCUT2D eigenvalue weighted by molar-refractivity contribution is 0.619. The largest absolute Gasteiger partial charge is 0.330 e. The number of hydrogen-bond donors (Lipinski definition) is 1. The molecule has 4 heteroatoms. The number of imidazole rings is 1. The van der Waals surface area contributed by atoms with E-state index in [1.54, 1.807) is 0 Å². The van der Waals surface area contributed by atoms with Gasteiger partial charge in [-0.3, -0.25) is 4.98 Å². The molecule has 0 aliphatic rings. The minimum atomic E-state index is 0.718. The second-order valence-electron chi connectivity index (χ2n) is 6.40. The van der Waals surface area contributed by atoms with Crippen LogP contribution in [0.15, 0.2) is 73.3 Å². The Bertz CT molecular complexity index is 1000. The van der Waals surface area contributed by atoms with E-state index >= 15 is 0 Å². The van der Waals surface area contributed by atoms with Crippen molar-refractivity contribution in [2.75, 3.05) is 6.54 Å². The Morgan fingerprint density at radius 2 is 1.81 bits per heavy atom. The highest BCUT2D eigenvalue weighted by Crippen LogP contribution is 2.35. The van der Waals surface area contributed by atoms with Crippen molar-refractivity contribution in [3.63, 3.8) is 0 Å². The van der Waals surface area contributed by atoms with E-state index in [1.807, 2.05) is 24.8 Å². The lowest BCUT2D eigenvalue weighted by Crippen LogP contribution is -2.04. The van der Waals surface area contributed by atoms with Crippen LogP contribution in [-0.2, 0) is 6.54 Å². The fraction of sp³-hybridized carbons (Fsp3) is 0.182. The molecule has 2 N–H and O–H groups in total. The maximum absolute atomic E-state index is 5.68. The van der Waals surface area contributed by atoms with Crippen LogP contribution in [0.2, 0.25) is 0 Å². The molecule has 0 amide bonds. The van der Waals surface area contributed by atoms with Gasteiger partial charge >= 0.3 is 0 Å². The van der Waals surface area contributed by atoms with Crippen molar-refractivity contribution < 1.29 is 0 Å². The van der Waals surface area contributed by atoms with Crippen molar-refractivity contribution >= 4 is 10.8 Å². The van der Waals surface area contributed by atoms with Gasteiger partial charge in [-0.05, 0) is 30.8 Å². The third-order valence-corrected chi connectivity index (χ3v) is 4.67. The van der Waals surface area contributed by atoms with Gasteiger partial charge in [-0.2, -0.15) is 0 Å². The van der Waals surface area contributed by atoms with Gasteiger partial charge in [0, 0.05) is 35.5 Å². The first kappa shape index (κ1) is 16.5. The van der Waals surface area contributed by atoms with E-state index in [2.05, 4.69) is 58.1 Å². The summed E-state index contributed by atoms with van der Waals surface area (Å²) in [4.78, 5) is 9.03. The van der Waals surface area contributed by atoms with Gasteiger partial charge in [0.2, 0.25) is 0 Å². The zero-order valence-corrected chi connectivity index (χ0v) is 14.7. The van der Waals surface area contributed by atoms with Crippen molar-refractivity contribution in [2.24, 2.45) is 5.73 Å². The Labute approximate surface area is 153 Å². The van der Waals surface area contributed by atoms with Crippen LogP contribution in [0.5, 0.6) is 0 Å². The minimum absolute atomic E-state index is 0.718. The highest BCUT2D eigenvalue weighted by atomic mass is 15.1. The Kier molecular flexibility index (Phi) is 4.75. The first-order valence-electron chi connectivity index (χ1n) is 9.02. The van der Waals surface area contributed by atoms with Gasteiger partial charge < -0.3 is 10.3 Å². The molecule has 0 aliphatic carbocycles. The minimum Gasteiger partial charge on any atom is -0.330 e. The van der Waals surface area contributed by atoms with Gasteiger partial charge in [-0.1, -0.05) is 48.5 Å². The van der Waals surface area contributed by atoms with Crippen LogP contribution >= 0.6 is 0 Å². The number of nitrogens with zero attached hydrogens (tertiary/aromatic N) is 3. The van der Waals surface area contributed by atoms with Crippen molar-refractivity contribution in [1.82, 2.24) is 14.5 Å². The van der Waals surface area contributed by atoms with Crippen molar-refractivity contribution in [1.29, 1.82) is 0 Å². The van der Waals surface area contributed by atoms with Crippen LogP contribution in [0.4, 0.5) is 0 Å². The van der Waals surface area contributed by atoms with Gasteiger partial charge in [0.25, 0.3) is 0 Å². The zero-order chi connectivity index (χ0) is 17.8. The molecule has 0 atom stereocenters. The quantitative estimate of drug-likeness (QED) is 0.525. The molecule has 0 bridgehead atoms. The van der Waals surface area contributed by atoms with E-state index in [-0.39, 0.29) is 0 Å². The summed E-state index contributed by atoms with van der Waals surface area (Å²) in [5.41, 5.74) is 10.2. The molecule has 0 radical (unpaired) electrons. The Morgan fingerprint density at radius 1 is 0.923 bits per heavy atom. The number of benzene rings is 2. The molecular weight excluding hydrogens is 320 g/mol. The fourth-order valence-corrected chi connectivity index (χ4v) is 3.40. The second kappa shape index (κ2) is 7.50. The molecule has 2 heterocycles. The number of aromatic nitrogens is 3. The standard InChI is InChI=1S/C22H22N4/c23-12-4-5-14-26-16-25-21(17-7-2-1-3-8-17)22(26)20-10-6-9-18-15-24-13-11-19(18)20/h1-3,6-11,13,15-16H,4-5,12,14,23H2. The van der Waals surface area contributed by atoms with Gasteiger partial charge in [0.15, 0.2) is 0 Å². The molecule has 4 rings (SSSR count). The number of fused-ring (bicyclic) bond motifs is 1. The van der Waals surface area contributed by atoms with Crippen LogP contribution in [0, 0.1) is 0 Å². The summed E-state index contributed by atoms with van der Waals surface area (Å²) in [7, 11) is 0. The normalized spacial score (nSPS) is 11.1. The molecule has 2 aromatic carbocycles. The van der Waals surface area contributed by atoms with E-state index in [9.17, 15) is 0 Å². The molecule has 0 spiro atoms. The lowest BCUT2D eigenvalue weighted by atomic mass is 9.99. The van der Waals surface area contributed by atoms with E-state index < -0.39 is 0 Å². The van der Waals surface area contributed by atoms with Gasteiger partial charge in [0.1, 0.15) is 0 Å². The number of aryl methyl sites for hydroxylation is 1. The van der Waals surface area contributed by atoms with Crippen molar-refractivity contribution in [3.8, 4) is 22.5 Å². The summed E-state index contributed by atoms with van der Waals surface area (Å²) in [5, 5.41) is 2.33. The number of nitrogens with two attached hydrogens (primary N) is 1. The van der Waals surface area contributed by atoms with Crippen LogP contribution in [0.3, 0.4) is 0 Å². The summed E-state index contributed by atoms with van der Waals surface area (Å²) >= 11 is 0. The first-order chi connectivity index (χ1) is 12.9. The summed E-state index contributed by atoms with van der Waals surface area (Å²) in [6.45, 7) is 1.63. The summed E-state index contributed by atoms with van der Waals surface area (Å²) in [6, 6.07) is 18.8. The number of pyridine rings is 1. The predicted molar refractivity (Wildman–Crippen MR) is 107 cm³/mol. The molecule has 130 valence electrons. The zero-order valence-electron chi connectivity index (χ0n) is 14.7. The molecule has 2 aromatic heterocycles. The Morgan fingerprint density at radius 3 is 2.65 bits per heavy atom. The monoisotopic (exact) mass is 342 g/mol. The second-order valence-corrected chi connectivity index (χ2v) is 6.40. The van der Waals surface area contributed by atoms with E-state index in [0.29, 0.717) is 0 Å². The maximum Gasteiger partial charge on any atom is 0.0963 e. The van der Waals surface area contributed by atoms with E-state index in [0.717, 1.165) is 48.3 Å². The number of hydrogen-bond acceptors (Lipinski definition) is 3. The molecule has 0 unspecified atom stereocenters. The average molecular weight is 342 g/mol. The molecular formula is C22H22N4. The summed E-state index contributed by atoms with van der Waals surface area (Å²) in [6.07, 6.45) is 7.77. The maximum atomic E-state index is 5.68. The van der Waals surface area contributed by atoms with Crippen molar-refractivity contribution in [3.05, 3.63) is 73.3 Å². The average Bonchev–Trinajstić information content (AvgIpc) is 3.12. The van der Waals surface area contributed by atoms with Crippen molar-refractivity contribution in [2.45, 2.75) is 19.4 Å². The third-order valence-electron chi connectivity index (χ3n) is 4.67. The van der Waals surface area contributed by atoms with Crippen LogP contribution in [0.1, 0.15) is 12.8 Å². The third kappa shape index (κ3) is 3.11. The van der Waals surface area contributed by atoms with Crippen LogP contribution in [0.25, 0.3) is 33.3 Å².